The van der Waals surface area contributed by atoms with Crippen LogP contribution in [0.25, 0.3) is 0 Å². The Morgan fingerprint density at radius 2 is 2.12 bits per heavy atom. The Balaban J connectivity index is 3.08. The lowest BCUT2D eigenvalue weighted by Gasteiger charge is -2.08. The van der Waals surface area contributed by atoms with Gasteiger partial charge in [0.15, 0.2) is 6.61 Å². The van der Waals surface area contributed by atoms with E-state index in [-0.39, 0.29) is 11.4 Å². The number of carboxylic acids is 1. The van der Waals surface area contributed by atoms with Crippen LogP contribution in [0.2, 0.25) is 0 Å². The second-order valence-corrected chi connectivity index (χ2v) is 3.29. The van der Waals surface area contributed by atoms with Crippen LogP contribution in [0.1, 0.15) is 11.1 Å². The summed E-state index contributed by atoms with van der Waals surface area (Å²) in [6, 6.07) is 3.06. The van der Waals surface area contributed by atoms with Gasteiger partial charge in [-0.3, -0.25) is 10.1 Å². The minimum absolute atomic E-state index is 0.0390. The fraction of sp³-hybridized carbons (Fsp3) is 0.300. The number of nitrogens with zero attached hydrogens (tertiary/aromatic N) is 1. The molecular formula is C10H11NO5. The lowest BCUT2D eigenvalue weighted by Crippen LogP contribution is -2.10. The van der Waals surface area contributed by atoms with E-state index in [9.17, 15) is 14.9 Å². The molecule has 6 heteroatoms. The smallest absolute Gasteiger partial charge is 0.341 e. The van der Waals surface area contributed by atoms with Crippen molar-refractivity contribution in [3.63, 3.8) is 0 Å². The molecule has 16 heavy (non-hydrogen) atoms. The number of carbonyl (C=O) groups is 1. The average molecular weight is 225 g/mol. The van der Waals surface area contributed by atoms with Crippen LogP contribution in [0.15, 0.2) is 12.1 Å². The Morgan fingerprint density at radius 1 is 1.50 bits per heavy atom. The number of carboxylic acid groups (broad SMARTS) is 1. The second kappa shape index (κ2) is 4.61. The van der Waals surface area contributed by atoms with E-state index in [2.05, 4.69) is 0 Å². The van der Waals surface area contributed by atoms with Gasteiger partial charge in [-0.2, -0.15) is 0 Å². The number of ether oxygens (including phenoxy) is 1. The molecule has 0 aliphatic heterocycles. The zero-order valence-corrected chi connectivity index (χ0v) is 8.89. The lowest BCUT2D eigenvalue weighted by molar-refractivity contribution is -0.386. The molecule has 0 atom stereocenters. The summed E-state index contributed by atoms with van der Waals surface area (Å²) in [6.45, 7) is 2.63. The summed E-state index contributed by atoms with van der Waals surface area (Å²) in [5.74, 6) is -0.901. The van der Waals surface area contributed by atoms with Gasteiger partial charge in [-0.25, -0.2) is 4.79 Å². The highest BCUT2D eigenvalue weighted by Crippen LogP contribution is 2.30. The van der Waals surface area contributed by atoms with E-state index in [1.165, 1.54) is 19.1 Å². The molecule has 0 aliphatic carbocycles. The third-order valence-corrected chi connectivity index (χ3v) is 2.12. The first-order valence-electron chi connectivity index (χ1n) is 4.52. The van der Waals surface area contributed by atoms with Crippen LogP contribution < -0.4 is 4.74 Å². The van der Waals surface area contributed by atoms with E-state index in [0.717, 1.165) is 0 Å². The highest BCUT2D eigenvalue weighted by atomic mass is 16.6. The average Bonchev–Trinajstić information content (AvgIpc) is 2.15. The molecule has 0 radical (unpaired) electrons. The van der Waals surface area contributed by atoms with Gasteiger partial charge < -0.3 is 9.84 Å². The van der Waals surface area contributed by atoms with Crippen LogP contribution in [0, 0.1) is 24.0 Å². The first-order valence-corrected chi connectivity index (χ1v) is 4.52. The van der Waals surface area contributed by atoms with Crippen molar-refractivity contribution in [2.24, 2.45) is 0 Å². The van der Waals surface area contributed by atoms with Crippen molar-refractivity contribution in [3.05, 3.63) is 33.4 Å². The van der Waals surface area contributed by atoms with E-state index in [0.29, 0.717) is 11.1 Å². The SMILES string of the molecule is Cc1ccc(OCC(=O)O)c(C)c1[N+](=O)[O-]. The number of hydrogen-bond donors (Lipinski definition) is 1. The number of benzene rings is 1. The quantitative estimate of drug-likeness (QED) is 0.621. The number of nitro benzene ring substituents is 1. The van der Waals surface area contributed by atoms with Gasteiger partial charge in [-0.05, 0) is 26.0 Å². The molecule has 0 unspecified atom stereocenters. The Labute approximate surface area is 91.6 Å². The van der Waals surface area contributed by atoms with Crippen LogP contribution in [0.3, 0.4) is 0 Å². The summed E-state index contributed by atoms with van der Waals surface area (Å²) >= 11 is 0. The number of nitro groups is 1. The molecule has 0 saturated heterocycles. The van der Waals surface area contributed by atoms with Crippen LogP contribution in [0.5, 0.6) is 5.75 Å². The predicted octanol–water partition coefficient (Wildman–Crippen LogP) is 1.68. The van der Waals surface area contributed by atoms with E-state index in [1.807, 2.05) is 0 Å². The predicted molar refractivity (Wildman–Crippen MR) is 55.7 cm³/mol. The van der Waals surface area contributed by atoms with Crippen LogP contribution in [-0.2, 0) is 4.79 Å². The van der Waals surface area contributed by atoms with Gasteiger partial charge in [-0.15, -0.1) is 0 Å². The Hall–Kier alpha value is -2.11. The molecular weight excluding hydrogens is 214 g/mol. The van der Waals surface area contributed by atoms with E-state index >= 15 is 0 Å². The zero-order chi connectivity index (χ0) is 12.3. The first-order chi connectivity index (χ1) is 7.43. The maximum absolute atomic E-state index is 10.8. The van der Waals surface area contributed by atoms with Gasteiger partial charge in [-0.1, -0.05) is 0 Å². The lowest BCUT2D eigenvalue weighted by atomic mass is 10.1. The fourth-order valence-corrected chi connectivity index (χ4v) is 1.39. The molecule has 1 aromatic rings. The highest BCUT2D eigenvalue weighted by molar-refractivity contribution is 5.68. The number of rotatable bonds is 4. The van der Waals surface area contributed by atoms with Crippen molar-refractivity contribution in [3.8, 4) is 5.75 Å². The summed E-state index contributed by atoms with van der Waals surface area (Å²) in [4.78, 5) is 20.6. The van der Waals surface area contributed by atoms with Crippen molar-refractivity contribution >= 4 is 11.7 Å². The molecule has 0 aliphatic rings. The van der Waals surface area contributed by atoms with Gasteiger partial charge in [0.2, 0.25) is 0 Å². The normalized spacial score (nSPS) is 9.88. The van der Waals surface area contributed by atoms with Gasteiger partial charge in [0.05, 0.1) is 10.5 Å². The monoisotopic (exact) mass is 225 g/mol. The summed E-state index contributed by atoms with van der Waals surface area (Å²) in [5, 5.41) is 19.2. The standard InChI is InChI=1S/C10H11NO5/c1-6-3-4-8(16-5-9(12)13)7(2)10(6)11(14)15/h3-4H,5H2,1-2H3,(H,12,13). The van der Waals surface area contributed by atoms with Crippen molar-refractivity contribution < 1.29 is 19.6 Å². The second-order valence-electron chi connectivity index (χ2n) is 3.29. The molecule has 0 fully saturated rings. The van der Waals surface area contributed by atoms with Gasteiger partial charge >= 0.3 is 5.97 Å². The van der Waals surface area contributed by atoms with Crippen molar-refractivity contribution in [1.82, 2.24) is 0 Å². The van der Waals surface area contributed by atoms with Crippen molar-refractivity contribution in [2.75, 3.05) is 6.61 Å². The third-order valence-electron chi connectivity index (χ3n) is 2.12. The van der Waals surface area contributed by atoms with Gasteiger partial charge in [0, 0.05) is 5.56 Å². The Morgan fingerprint density at radius 3 is 2.62 bits per heavy atom. The molecule has 0 spiro atoms. The van der Waals surface area contributed by atoms with Crippen LogP contribution >= 0.6 is 0 Å². The van der Waals surface area contributed by atoms with Crippen LogP contribution in [-0.4, -0.2) is 22.6 Å². The molecule has 86 valence electrons. The number of hydrogen-bond acceptors (Lipinski definition) is 4. The van der Waals surface area contributed by atoms with E-state index < -0.39 is 17.5 Å². The van der Waals surface area contributed by atoms with Crippen molar-refractivity contribution in [1.29, 1.82) is 0 Å². The van der Waals surface area contributed by atoms with E-state index in [1.54, 1.807) is 6.92 Å². The summed E-state index contributed by atoms with van der Waals surface area (Å²) in [7, 11) is 0. The molecule has 0 heterocycles. The largest absolute Gasteiger partial charge is 0.481 e. The molecule has 0 bridgehead atoms. The fourth-order valence-electron chi connectivity index (χ4n) is 1.39. The Kier molecular flexibility index (Phi) is 3.44. The van der Waals surface area contributed by atoms with Gasteiger partial charge in [0.1, 0.15) is 5.75 Å². The molecule has 0 amide bonds. The maximum Gasteiger partial charge on any atom is 0.341 e. The minimum Gasteiger partial charge on any atom is -0.481 e. The molecule has 1 rings (SSSR count). The number of aryl methyl sites for hydroxylation is 1. The zero-order valence-electron chi connectivity index (χ0n) is 8.89. The topological polar surface area (TPSA) is 89.7 Å². The molecule has 6 nitrogen and oxygen atoms in total. The van der Waals surface area contributed by atoms with Gasteiger partial charge in [0.25, 0.3) is 5.69 Å². The molecule has 1 N–H and O–H groups in total. The van der Waals surface area contributed by atoms with E-state index in [4.69, 9.17) is 9.84 Å². The summed E-state index contributed by atoms with van der Waals surface area (Å²) in [5.41, 5.74) is 0.819. The summed E-state index contributed by atoms with van der Waals surface area (Å²) in [6.07, 6.45) is 0. The third kappa shape index (κ3) is 2.47. The first kappa shape index (κ1) is 12.0. The minimum atomic E-state index is -1.12. The van der Waals surface area contributed by atoms with Crippen LogP contribution in [0.4, 0.5) is 5.69 Å². The number of aliphatic carboxylic acids is 1. The molecule has 0 saturated carbocycles. The molecule has 0 aromatic heterocycles. The highest BCUT2D eigenvalue weighted by Gasteiger charge is 2.18. The molecule has 1 aromatic carbocycles. The Bertz CT molecular complexity index is 441. The van der Waals surface area contributed by atoms with Crippen molar-refractivity contribution in [2.45, 2.75) is 13.8 Å². The maximum atomic E-state index is 10.8. The summed E-state index contributed by atoms with van der Waals surface area (Å²) < 4.78 is 4.94.